The Morgan fingerprint density at radius 2 is 1.90 bits per heavy atom. The van der Waals surface area contributed by atoms with Crippen LogP contribution in [0.4, 0.5) is 14.5 Å². The van der Waals surface area contributed by atoms with Gasteiger partial charge in [0.25, 0.3) is 0 Å². The Kier molecular flexibility index (Phi) is 4.40. The number of amides is 1. The maximum absolute atomic E-state index is 11.1. The number of rotatable bonds is 3. The molecule has 1 fully saturated rings. The molecule has 1 aromatic carbocycles. The number of hydrogen-bond donors (Lipinski definition) is 1. The predicted molar refractivity (Wildman–Crippen MR) is 73.5 cm³/mol. The third-order valence-corrected chi connectivity index (χ3v) is 2.68. The molecule has 5 heteroatoms. The van der Waals surface area contributed by atoms with Gasteiger partial charge in [-0.25, -0.2) is 8.78 Å². The van der Waals surface area contributed by atoms with Crippen LogP contribution in [0.3, 0.4) is 0 Å². The fourth-order valence-corrected chi connectivity index (χ4v) is 1.46. The second-order valence-corrected chi connectivity index (χ2v) is 4.41. The molecule has 0 radical (unpaired) electrons. The SMILES string of the molecule is FC1(F)CC1.O=CNc1cccc(-c2ccccn2)c1. The van der Waals surface area contributed by atoms with Crippen molar-refractivity contribution in [1.29, 1.82) is 0 Å². The number of pyridine rings is 1. The van der Waals surface area contributed by atoms with E-state index in [2.05, 4.69) is 10.3 Å². The standard InChI is InChI=1S/C12H10N2O.C3H4F2/c15-9-14-11-5-3-4-10(8-11)12-6-1-2-7-13-12;4-3(5)1-2-3/h1-9H,(H,14,15);1-2H2. The molecule has 0 bridgehead atoms. The van der Waals surface area contributed by atoms with Crippen molar-refractivity contribution in [3.8, 4) is 11.3 Å². The first-order valence-electron chi connectivity index (χ1n) is 6.20. The van der Waals surface area contributed by atoms with Crippen LogP contribution in [0.15, 0.2) is 48.7 Å². The Balaban J connectivity index is 0.000000247. The van der Waals surface area contributed by atoms with E-state index in [0.717, 1.165) is 16.9 Å². The molecule has 1 N–H and O–H groups in total. The summed E-state index contributed by atoms with van der Waals surface area (Å²) in [4.78, 5) is 14.5. The smallest absolute Gasteiger partial charge is 0.248 e. The normalized spacial score (nSPS) is 14.7. The Bertz CT molecular complexity index is 567. The molecule has 1 aromatic heterocycles. The summed E-state index contributed by atoms with van der Waals surface area (Å²) in [6.07, 6.45) is 2.65. The number of carbonyl (C=O) groups is 1. The second kappa shape index (κ2) is 6.23. The molecule has 1 heterocycles. The molecule has 0 unspecified atom stereocenters. The van der Waals surface area contributed by atoms with Crippen LogP contribution < -0.4 is 5.32 Å². The van der Waals surface area contributed by atoms with Crippen molar-refractivity contribution >= 4 is 12.1 Å². The molecule has 0 aliphatic heterocycles. The first-order chi connectivity index (χ1) is 9.61. The van der Waals surface area contributed by atoms with E-state index < -0.39 is 5.92 Å². The second-order valence-electron chi connectivity index (χ2n) is 4.41. The van der Waals surface area contributed by atoms with Crippen molar-refractivity contribution in [3.05, 3.63) is 48.7 Å². The van der Waals surface area contributed by atoms with Gasteiger partial charge in [-0.05, 0) is 24.3 Å². The number of anilines is 1. The third kappa shape index (κ3) is 4.42. The summed E-state index contributed by atoms with van der Waals surface area (Å²) < 4.78 is 22.3. The summed E-state index contributed by atoms with van der Waals surface area (Å²) in [7, 11) is 0. The summed E-state index contributed by atoms with van der Waals surface area (Å²) in [5, 5.41) is 2.61. The molecule has 0 atom stereocenters. The molecule has 1 amide bonds. The number of aromatic nitrogens is 1. The lowest BCUT2D eigenvalue weighted by molar-refractivity contribution is -0.105. The molecule has 2 aromatic rings. The minimum absolute atomic E-state index is 0.118. The quantitative estimate of drug-likeness (QED) is 0.868. The number of carbonyl (C=O) groups excluding carboxylic acids is 1. The topological polar surface area (TPSA) is 42.0 Å². The fourth-order valence-electron chi connectivity index (χ4n) is 1.46. The van der Waals surface area contributed by atoms with E-state index >= 15 is 0 Å². The van der Waals surface area contributed by atoms with Gasteiger partial charge in [0.05, 0.1) is 5.69 Å². The Morgan fingerprint density at radius 3 is 2.45 bits per heavy atom. The molecule has 1 aliphatic carbocycles. The van der Waals surface area contributed by atoms with Gasteiger partial charge in [0.2, 0.25) is 12.3 Å². The molecule has 1 saturated carbocycles. The van der Waals surface area contributed by atoms with Crippen molar-refractivity contribution in [3.63, 3.8) is 0 Å². The van der Waals surface area contributed by atoms with Gasteiger partial charge in [0, 0.05) is 30.3 Å². The molecule has 0 spiro atoms. The lowest BCUT2D eigenvalue weighted by Crippen LogP contribution is -1.93. The fraction of sp³-hybridized carbons (Fsp3) is 0.200. The van der Waals surface area contributed by atoms with Gasteiger partial charge in [-0.1, -0.05) is 18.2 Å². The lowest BCUT2D eigenvalue weighted by atomic mass is 10.1. The number of alkyl halides is 2. The predicted octanol–water partition coefficient (Wildman–Crippen LogP) is 3.73. The molecule has 20 heavy (non-hydrogen) atoms. The third-order valence-electron chi connectivity index (χ3n) is 2.68. The maximum Gasteiger partial charge on any atom is 0.248 e. The minimum Gasteiger partial charge on any atom is -0.329 e. The van der Waals surface area contributed by atoms with Crippen LogP contribution in [0.5, 0.6) is 0 Å². The van der Waals surface area contributed by atoms with Crippen molar-refractivity contribution < 1.29 is 13.6 Å². The summed E-state index contributed by atoms with van der Waals surface area (Å²) in [6.45, 7) is 0. The Labute approximate surface area is 115 Å². The van der Waals surface area contributed by atoms with E-state index in [4.69, 9.17) is 0 Å². The van der Waals surface area contributed by atoms with Gasteiger partial charge >= 0.3 is 0 Å². The number of nitrogens with one attached hydrogen (secondary N) is 1. The van der Waals surface area contributed by atoms with Crippen molar-refractivity contribution in [2.24, 2.45) is 0 Å². The molecular weight excluding hydrogens is 262 g/mol. The van der Waals surface area contributed by atoms with Crippen molar-refractivity contribution in [2.45, 2.75) is 18.8 Å². The summed E-state index contributed by atoms with van der Waals surface area (Å²) in [5.41, 5.74) is 2.66. The molecule has 0 saturated heterocycles. The van der Waals surface area contributed by atoms with Gasteiger partial charge in [-0.15, -0.1) is 0 Å². The number of halogens is 2. The zero-order valence-corrected chi connectivity index (χ0v) is 10.7. The summed E-state index contributed by atoms with van der Waals surface area (Å²) >= 11 is 0. The highest BCUT2D eigenvalue weighted by atomic mass is 19.3. The molecular formula is C15H14F2N2O. The molecule has 3 nitrogen and oxygen atoms in total. The van der Waals surface area contributed by atoms with Gasteiger partial charge in [0.15, 0.2) is 0 Å². The van der Waals surface area contributed by atoms with E-state index in [0.29, 0.717) is 6.41 Å². The van der Waals surface area contributed by atoms with Gasteiger partial charge in [-0.2, -0.15) is 0 Å². The maximum atomic E-state index is 11.1. The van der Waals surface area contributed by atoms with E-state index in [-0.39, 0.29) is 12.8 Å². The summed E-state index contributed by atoms with van der Waals surface area (Å²) in [6, 6.07) is 13.3. The van der Waals surface area contributed by atoms with E-state index in [1.165, 1.54) is 0 Å². The Hall–Kier alpha value is -2.30. The van der Waals surface area contributed by atoms with Crippen LogP contribution in [-0.4, -0.2) is 17.3 Å². The van der Waals surface area contributed by atoms with Crippen molar-refractivity contribution in [1.82, 2.24) is 4.98 Å². The zero-order valence-electron chi connectivity index (χ0n) is 10.7. The van der Waals surface area contributed by atoms with Crippen LogP contribution in [0.1, 0.15) is 12.8 Å². The number of benzene rings is 1. The minimum atomic E-state index is -2.25. The van der Waals surface area contributed by atoms with E-state index in [9.17, 15) is 13.6 Å². The average molecular weight is 276 g/mol. The highest BCUT2D eigenvalue weighted by Gasteiger charge is 2.43. The van der Waals surface area contributed by atoms with Crippen LogP contribution in [0.2, 0.25) is 0 Å². The first-order valence-corrected chi connectivity index (χ1v) is 6.20. The van der Waals surface area contributed by atoms with E-state index in [1.807, 2.05) is 42.5 Å². The number of nitrogens with zero attached hydrogens (tertiary/aromatic N) is 1. The zero-order chi connectivity index (χ0) is 14.4. The van der Waals surface area contributed by atoms with Gasteiger partial charge in [-0.3, -0.25) is 9.78 Å². The summed E-state index contributed by atoms with van der Waals surface area (Å²) in [5.74, 6) is -2.25. The van der Waals surface area contributed by atoms with Crippen LogP contribution in [-0.2, 0) is 4.79 Å². The van der Waals surface area contributed by atoms with Gasteiger partial charge in [0.1, 0.15) is 0 Å². The highest BCUT2D eigenvalue weighted by molar-refractivity contribution is 5.74. The van der Waals surface area contributed by atoms with Crippen LogP contribution in [0, 0.1) is 0 Å². The largest absolute Gasteiger partial charge is 0.329 e. The van der Waals surface area contributed by atoms with Gasteiger partial charge < -0.3 is 5.32 Å². The van der Waals surface area contributed by atoms with E-state index in [1.54, 1.807) is 6.20 Å². The highest BCUT2D eigenvalue weighted by Crippen LogP contribution is 2.40. The molecule has 104 valence electrons. The molecule has 3 rings (SSSR count). The molecule has 1 aliphatic rings. The average Bonchev–Trinajstić information content (AvgIpc) is 3.16. The van der Waals surface area contributed by atoms with Crippen LogP contribution in [0.25, 0.3) is 11.3 Å². The first kappa shape index (κ1) is 14.1. The lowest BCUT2D eigenvalue weighted by Gasteiger charge is -2.02. The number of hydrogen-bond acceptors (Lipinski definition) is 2. The van der Waals surface area contributed by atoms with Crippen molar-refractivity contribution in [2.75, 3.05) is 5.32 Å². The Morgan fingerprint density at radius 1 is 1.15 bits per heavy atom. The monoisotopic (exact) mass is 276 g/mol. The van der Waals surface area contributed by atoms with Crippen LogP contribution >= 0.6 is 0 Å².